The SMILES string of the molecule is CC(C#N)C(=O)N(Cc1cccs1)C1CC1. The standard InChI is InChI=1S/C12H14N2OS/c1-9(7-13)12(15)14(10-4-5-10)8-11-3-2-6-16-11/h2-3,6,9-10H,4-5,8H2,1H3. The summed E-state index contributed by atoms with van der Waals surface area (Å²) in [7, 11) is 0. The Bertz CT molecular complexity index is 403. The predicted molar refractivity (Wildman–Crippen MR) is 62.7 cm³/mol. The summed E-state index contributed by atoms with van der Waals surface area (Å²) in [5.74, 6) is -0.557. The van der Waals surface area contributed by atoms with E-state index in [0.717, 1.165) is 12.8 Å². The van der Waals surface area contributed by atoms with Gasteiger partial charge in [0.25, 0.3) is 0 Å². The summed E-state index contributed by atoms with van der Waals surface area (Å²) in [6, 6.07) is 6.41. The molecule has 1 heterocycles. The molecule has 0 aromatic carbocycles. The van der Waals surface area contributed by atoms with Gasteiger partial charge in [-0.15, -0.1) is 11.3 Å². The molecule has 0 N–H and O–H groups in total. The van der Waals surface area contributed by atoms with E-state index in [9.17, 15) is 4.79 Å². The Balaban J connectivity index is 2.06. The maximum atomic E-state index is 12.0. The van der Waals surface area contributed by atoms with Crippen LogP contribution in [0.1, 0.15) is 24.6 Å². The van der Waals surface area contributed by atoms with E-state index in [1.54, 1.807) is 18.3 Å². The van der Waals surface area contributed by atoms with Crippen molar-refractivity contribution in [3.05, 3.63) is 22.4 Å². The van der Waals surface area contributed by atoms with Crippen molar-refractivity contribution in [3.63, 3.8) is 0 Å². The molecule has 1 atom stereocenters. The smallest absolute Gasteiger partial charge is 0.240 e. The molecule has 1 aromatic rings. The molecule has 1 fully saturated rings. The third kappa shape index (κ3) is 2.42. The second-order valence-electron chi connectivity index (χ2n) is 4.13. The first-order valence-corrected chi connectivity index (χ1v) is 6.33. The van der Waals surface area contributed by atoms with Crippen LogP contribution in [-0.2, 0) is 11.3 Å². The lowest BCUT2D eigenvalue weighted by atomic mass is 10.1. The number of carbonyl (C=O) groups is 1. The molecule has 0 radical (unpaired) electrons. The summed E-state index contributed by atoms with van der Waals surface area (Å²) in [5.41, 5.74) is 0. The van der Waals surface area contributed by atoms with Crippen LogP contribution in [0.3, 0.4) is 0 Å². The van der Waals surface area contributed by atoms with Crippen LogP contribution >= 0.6 is 11.3 Å². The predicted octanol–water partition coefficient (Wildman–Crippen LogP) is 2.40. The summed E-state index contributed by atoms with van der Waals surface area (Å²) in [6.45, 7) is 2.33. The van der Waals surface area contributed by atoms with Gasteiger partial charge >= 0.3 is 0 Å². The van der Waals surface area contributed by atoms with E-state index in [2.05, 4.69) is 0 Å². The van der Waals surface area contributed by atoms with Crippen molar-refractivity contribution < 1.29 is 4.79 Å². The van der Waals surface area contributed by atoms with Crippen LogP contribution in [-0.4, -0.2) is 16.8 Å². The number of amides is 1. The molecule has 3 nitrogen and oxygen atoms in total. The molecule has 0 saturated heterocycles. The van der Waals surface area contributed by atoms with Gasteiger partial charge in [-0.2, -0.15) is 5.26 Å². The van der Waals surface area contributed by atoms with Gasteiger partial charge in [-0.3, -0.25) is 4.79 Å². The lowest BCUT2D eigenvalue weighted by molar-refractivity contribution is -0.134. The minimum Gasteiger partial charge on any atom is -0.333 e. The molecule has 0 spiro atoms. The number of nitrogens with zero attached hydrogens (tertiary/aromatic N) is 2. The maximum Gasteiger partial charge on any atom is 0.240 e. The number of carbonyl (C=O) groups excluding carboxylic acids is 1. The minimum absolute atomic E-state index is 0.0293. The fourth-order valence-corrected chi connectivity index (χ4v) is 2.35. The Labute approximate surface area is 99.3 Å². The van der Waals surface area contributed by atoms with E-state index < -0.39 is 5.92 Å². The number of nitriles is 1. The first-order valence-electron chi connectivity index (χ1n) is 5.45. The van der Waals surface area contributed by atoms with Gasteiger partial charge in [0.2, 0.25) is 5.91 Å². The van der Waals surface area contributed by atoms with Crippen molar-refractivity contribution in [2.24, 2.45) is 5.92 Å². The third-order valence-corrected chi connectivity index (χ3v) is 3.60. The van der Waals surface area contributed by atoms with Gasteiger partial charge in [-0.25, -0.2) is 0 Å². The van der Waals surface area contributed by atoms with E-state index in [0.29, 0.717) is 12.6 Å². The monoisotopic (exact) mass is 234 g/mol. The number of thiophene rings is 1. The summed E-state index contributed by atoms with van der Waals surface area (Å²) in [4.78, 5) is 15.0. The van der Waals surface area contributed by atoms with Gasteiger partial charge < -0.3 is 4.90 Å². The van der Waals surface area contributed by atoms with Gasteiger partial charge in [0, 0.05) is 10.9 Å². The van der Waals surface area contributed by atoms with Crippen molar-refractivity contribution in [1.29, 1.82) is 5.26 Å². The first kappa shape index (κ1) is 11.2. The molecule has 1 aromatic heterocycles. The van der Waals surface area contributed by atoms with E-state index in [4.69, 9.17) is 5.26 Å². The highest BCUT2D eigenvalue weighted by molar-refractivity contribution is 7.09. The number of hydrogen-bond acceptors (Lipinski definition) is 3. The Kier molecular flexibility index (Phi) is 3.25. The molecule has 1 aliphatic rings. The molecule has 0 aliphatic heterocycles. The van der Waals surface area contributed by atoms with Crippen LogP contribution in [0.25, 0.3) is 0 Å². The highest BCUT2D eigenvalue weighted by Gasteiger charge is 2.34. The zero-order valence-corrected chi connectivity index (χ0v) is 10.0. The van der Waals surface area contributed by atoms with Gasteiger partial charge in [0.05, 0.1) is 12.6 Å². The van der Waals surface area contributed by atoms with Crippen LogP contribution in [0.5, 0.6) is 0 Å². The van der Waals surface area contributed by atoms with Crippen LogP contribution in [0.15, 0.2) is 17.5 Å². The fourth-order valence-electron chi connectivity index (χ4n) is 1.65. The molecule has 1 saturated carbocycles. The van der Waals surface area contributed by atoms with Crippen molar-refractivity contribution >= 4 is 17.2 Å². The average molecular weight is 234 g/mol. The molecule has 84 valence electrons. The largest absolute Gasteiger partial charge is 0.333 e. The third-order valence-electron chi connectivity index (χ3n) is 2.74. The molecule has 2 rings (SSSR count). The summed E-state index contributed by atoms with van der Waals surface area (Å²) >= 11 is 1.66. The lowest BCUT2D eigenvalue weighted by Gasteiger charge is -2.22. The lowest BCUT2D eigenvalue weighted by Crippen LogP contribution is -2.35. The molecular formula is C12H14N2OS. The fraction of sp³-hybridized carbons (Fsp3) is 0.500. The first-order chi connectivity index (χ1) is 7.72. The summed E-state index contributed by atoms with van der Waals surface area (Å²) in [5, 5.41) is 10.8. The minimum atomic E-state index is -0.527. The highest BCUT2D eigenvalue weighted by Crippen LogP contribution is 2.30. The van der Waals surface area contributed by atoms with Crippen LogP contribution in [0.2, 0.25) is 0 Å². The molecule has 1 aliphatic carbocycles. The molecule has 1 unspecified atom stereocenters. The Morgan fingerprint density at radius 2 is 2.50 bits per heavy atom. The van der Waals surface area contributed by atoms with E-state index >= 15 is 0 Å². The maximum absolute atomic E-state index is 12.0. The molecule has 4 heteroatoms. The van der Waals surface area contributed by atoms with E-state index in [1.165, 1.54) is 4.88 Å². The number of hydrogen-bond donors (Lipinski definition) is 0. The topological polar surface area (TPSA) is 44.1 Å². The Morgan fingerprint density at radius 1 is 1.75 bits per heavy atom. The quantitative estimate of drug-likeness (QED) is 0.803. The van der Waals surface area contributed by atoms with Gasteiger partial charge in [-0.1, -0.05) is 6.07 Å². The average Bonchev–Trinajstić information content (AvgIpc) is 3.01. The zero-order valence-electron chi connectivity index (χ0n) is 9.22. The summed E-state index contributed by atoms with van der Waals surface area (Å²) < 4.78 is 0. The van der Waals surface area contributed by atoms with Crippen LogP contribution < -0.4 is 0 Å². The van der Waals surface area contributed by atoms with E-state index in [-0.39, 0.29) is 5.91 Å². The molecule has 0 bridgehead atoms. The van der Waals surface area contributed by atoms with Crippen molar-refractivity contribution in [3.8, 4) is 6.07 Å². The van der Waals surface area contributed by atoms with Gasteiger partial charge in [0.15, 0.2) is 0 Å². The van der Waals surface area contributed by atoms with Gasteiger partial charge in [-0.05, 0) is 31.2 Å². The van der Waals surface area contributed by atoms with Crippen LogP contribution in [0, 0.1) is 17.2 Å². The highest BCUT2D eigenvalue weighted by atomic mass is 32.1. The zero-order chi connectivity index (χ0) is 11.5. The molecule has 1 amide bonds. The van der Waals surface area contributed by atoms with Crippen molar-refractivity contribution in [1.82, 2.24) is 4.90 Å². The van der Waals surface area contributed by atoms with Crippen LogP contribution in [0.4, 0.5) is 0 Å². The van der Waals surface area contributed by atoms with E-state index in [1.807, 2.05) is 28.5 Å². The number of rotatable bonds is 4. The second-order valence-corrected chi connectivity index (χ2v) is 5.16. The Morgan fingerprint density at radius 3 is 3.00 bits per heavy atom. The molecule has 16 heavy (non-hydrogen) atoms. The molecular weight excluding hydrogens is 220 g/mol. The van der Waals surface area contributed by atoms with Gasteiger partial charge in [0.1, 0.15) is 5.92 Å². The second kappa shape index (κ2) is 4.67. The van der Waals surface area contributed by atoms with Crippen molar-refractivity contribution in [2.45, 2.75) is 32.4 Å². The summed E-state index contributed by atoms with van der Waals surface area (Å²) in [6.07, 6.45) is 2.16. The normalized spacial score (nSPS) is 16.5. The van der Waals surface area contributed by atoms with Crippen molar-refractivity contribution in [2.75, 3.05) is 0 Å². The Hall–Kier alpha value is -1.34.